The molecule has 0 saturated heterocycles. The second-order valence-corrected chi connectivity index (χ2v) is 6.00. The molecule has 0 bridgehead atoms. The van der Waals surface area contributed by atoms with Gasteiger partial charge in [0.25, 0.3) is 0 Å². The summed E-state index contributed by atoms with van der Waals surface area (Å²) in [7, 11) is 1.74. The second kappa shape index (κ2) is 8.36. The highest BCUT2D eigenvalue weighted by molar-refractivity contribution is 5.91. The predicted octanol–water partition coefficient (Wildman–Crippen LogP) is 3.23. The minimum Gasteiger partial charge on any atom is -0.396 e. The number of aliphatic hydroxyl groups is 1. The van der Waals surface area contributed by atoms with Gasteiger partial charge in [0.2, 0.25) is 5.91 Å². The van der Waals surface area contributed by atoms with Crippen LogP contribution in [-0.4, -0.2) is 39.5 Å². The van der Waals surface area contributed by atoms with Crippen molar-refractivity contribution in [3.8, 4) is 0 Å². The Kier molecular flexibility index (Phi) is 5.71. The second-order valence-electron chi connectivity index (χ2n) is 6.00. The lowest BCUT2D eigenvalue weighted by Gasteiger charge is -2.27. The quantitative estimate of drug-likeness (QED) is 0.695. The van der Waals surface area contributed by atoms with Gasteiger partial charge in [0.15, 0.2) is 0 Å². The van der Waals surface area contributed by atoms with Gasteiger partial charge < -0.3 is 10.0 Å². The first-order chi connectivity index (χ1) is 12.7. The lowest BCUT2D eigenvalue weighted by atomic mass is 10.0. The smallest absolute Gasteiger partial charge is 0.246 e. The molecule has 1 N–H and O–H groups in total. The van der Waals surface area contributed by atoms with E-state index in [-0.39, 0.29) is 18.6 Å². The number of aliphatic hydroxyl groups excluding tert-OH is 1. The number of fused-ring (bicyclic) bond motifs is 1. The number of nitrogens with zero attached hydrogens (tertiary/aromatic N) is 3. The van der Waals surface area contributed by atoms with E-state index in [2.05, 4.69) is 9.97 Å². The van der Waals surface area contributed by atoms with Gasteiger partial charge in [0.05, 0.1) is 29.0 Å². The molecule has 0 aliphatic rings. The third-order valence-corrected chi connectivity index (χ3v) is 4.27. The Balaban J connectivity index is 1.77. The number of amides is 1. The van der Waals surface area contributed by atoms with E-state index in [0.717, 1.165) is 16.6 Å². The Labute approximate surface area is 152 Å². The summed E-state index contributed by atoms with van der Waals surface area (Å²) < 4.78 is 0. The normalized spacial score (nSPS) is 12.4. The maximum atomic E-state index is 12.6. The Morgan fingerprint density at radius 1 is 1.12 bits per heavy atom. The van der Waals surface area contributed by atoms with Crippen molar-refractivity contribution in [1.82, 2.24) is 14.9 Å². The van der Waals surface area contributed by atoms with Crippen molar-refractivity contribution in [2.45, 2.75) is 12.5 Å². The minimum absolute atomic E-state index is 0.0110. The Hall–Kier alpha value is -3.05. The van der Waals surface area contributed by atoms with Crippen LogP contribution in [0, 0.1) is 0 Å². The van der Waals surface area contributed by atoms with Crippen LogP contribution in [0.3, 0.4) is 0 Å². The van der Waals surface area contributed by atoms with E-state index in [1.165, 1.54) is 6.08 Å². The molecule has 0 saturated carbocycles. The van der Waals surface area contributed by atoms with Gasteiger partial charge in [-0.05, 0) is 30.2 Å². The van der Waals surface area contributed by atoms with Crippen LogP contribution < -0.4 is 0 Å². The van der Waals surface area contributed by atoms with Crippen molar-refractivity contribution in [3.63, 3.8) is 0 Å². The number of likely N-dealkylation sites (N-methyl/N-ethyl adjacent to an activating group) is 1. The van der Waals surface area contributed by atoms with Crippen molar-refractivity contribution in [3.05, 3.63) is 78.1 Å². The molecule has 0 aliphatic heterocycles. The lowest BCUT2D eigenvalue weighted by Crippen LogP contribution is -2.30. The first kappa shape index (κ1) is 17.8. The third kappa shape index (κ3) is 4.13. The van der Waals surface area contributed by atoms with Crippen LogP contribution in [-0.2, 0) is 4.79 Å². The van der Waals surface area contributed by atoms with Crippen molar-refractivity contribution in [2.75, 3.05) is 13.7 Å². The van der Waals surface area contributed by atoms with Crippen LogP contribution >= 0.6 is 0 Å². The number of rotatable bonds is 6. The molecule has 1 unspecified atom stereocenters. The van der Waals surface area contributed by atoms with E-state index < -0.39 is 0 Å². The van der Waals surface area contributed by atoms with Gasteiger partial charge in [-0.3, -0.25) is 9.78 Å². The summed E-state index contributed by atoms with van der Waals surface area (Å²) >= 11 is 0. The number of carbonyl (C=O) groups excluding carboxylic acids is 1. The van der Waals surface area contributed by atoms with Crippen LogP contribution in [0.15, 0.2) is 66.9 Å². The number of hydrogen-bond donors (Lipinski definition) is 1. The molecule has 0 radical (unpaired) electrons. The van der Waals surface area contributed by atoms with E-state index in [4.69, 9.17) is 0 Å². The number of carbonyl (C=O) groups is 1. The predicted molar refractivity (Wildman–Crippen MR) is 102 cm³/mol. The molecule has 1 aromatic heterocycles. The summed E-state index contributed by atoms with van der Waals surface area (Å²) in [6, 6.07) is 17.1. The van der Waals surface area contributed by atoms with Crippen molar-refractivity contribution < 1.29 is 9.90 Å². The van der Waals surface area contributed by atoms with E-state index in [1.807, 2.05) is 54.6 Å². The highest BCUT2D eigenvalue weighted by atomic mass is 16.3. The van der Waals surface area contributed by atoms with Crippen molar-refractivity contribution in [2.24, 2.45) is 0 Å². The molecule has 0 aliphatic carbocycles. The summed E-state index contributed by atoms with van der Waals surface area (Å²) in [6.45, 7) is 0.0110. The Morgan fingerprint density at radius 3 is 2.54 bits per heavy atom. The van der Waals surface area contributed by atoms with E-state index in [0.29, 0.717) is 12.1 Å². The summed E-state index contributed by atoms with van der Waals surface area (Å²) in [5.74, 6) is -0.151. The Morgan fingerprint density at radius 2 is 1.81 bits per heavy atom. The number of para-hydroxylation sites is 2. The molecule has 5 heteroatoms. The third-order valence-electron chi connectivity index (χ3n) is 4.27. The van der Waals surface area contributed by atoms with Crippen molar-refractivity contribution >= 4 is 23.0 Å². The van der Waals surface area contributed by atoms with Gasteiger partial charge in [-0.1, -0.05) is 42.5 Å². The number of hydrogen-bond acceptors (Lipinski definition) is 4. The van der Waals surface area contributed by atoms with Crippen LogP contribution in [0.1, 0.15) is 23.7 Å². The SMILES string of the molecule is CN(C(=O)/C=C/c1cnc2ccccc2n1)C(CCO)c1ccccc1. The maximum absolute atomic E-state index is 12.6. The molecule has 0 spiro atoms. The van der Waals surface area contributed by atoms with Crippen LogP contribution in [0.5, 0.6) is 0 Å². The molecular formula is C21H21N3O2. The van der Waals surface area contributed by atoms with E-state index >= 15 is 0 Å². The number of benzene rings is 2. The van der Waals surface area contributed by atoms with Gasteiger partial charge in [-0.25, -0.2) is 4.98 Å². The van der Waals surface area contributed by atoms with Gasteiger partial charge in [0, 0.05) is 19.7 Å². The zero-order valence-electron chi connectivity index (χ0n) is 14.6. The first-order valence-electron chi connectivity index (χ1n) is 8.51. The molecule has 5 nitrogen and oxygen atoms in total. The molecule has 132 valence electrons. The number of aromatic nitrogens is 2. The van der Waals surface area contributed by atoms with Gasteiger partial charge >= 0.3 is 0 Å². The molecule has 1 heterocycles. The summed E-state index contributed by atoms with van der Waals surface area (Å²) in [5.41, 5.74) is 3.23. The summed E-state index contributed by atoms with van der Waals surface area (Å²) in [6.07, 6.45) is 5.29. The van der Waals surface area contributed by atoms with E-state index in [1.54, 1.807) is 24.2 Å². The van der Waals surface area contributed by atoms with Crippen LogP contribution in [0.4, 0.5) is 0 Å². The molecule has 3 rings (SSSR count). The molecule has 1 atom stereocenters. The standard InChI is InChI=1S/C21H21N3O2/c1-24(20(13-14-25)16-7-3-2-4-8-16)21(26)12-11-17-15-22-18-9-5-6-10-19(18)23-17/h2-12,15,20,25H,13-14H2,1H3/b12-11+. The topological polar surface area (TPSA) is 66.3 Å². The van der Waals surface area contributed by atoms with Crippen LogP contribution in [0.25, 0.3) is 17.1 Å². The average Bonchev–Trinajstić information content (AvgIpc) is 2.70. The molecular weight excluding hydrogens is 326 g/mol. The van der Waals surface area contributed by atoms with Gasteiger partial charge in [-0.2, -0.15) is 0 Å². The average molecular weight is 347 g/mol. The molecule has 2 aromatic carbocycles. The molecule has 26 heavy (non-hydrogen) atoms. The van der Waals surface area contributed by atoms with Gasteiger partial charge in [-0.15, -0.1) is 0 Å². The maximum Gasteiger partial charge on any atom is 0.246 e. The fourth-order valence-corrected chi connectivity index (χ4v) is 2.86. The van der Waals surface area contributed by atoms with E-state index in [9.17, 15) is 9.90 Å². The fraction of sp³-hybridized carbons (Fsp3) is 0.190. The van der Waals surface area contributed by atoms with Crippen molar-refractivity contribution in [1.29, 1.82) is 0 Å². The molecule has 3 aromatic rings. The van der Waals surface area contributed by atoms with Gasteiger partial charge in [0.1, 0.15) is 0 Å². The highest BCUT2D eigenvalue weighted by Gasteiger charge is 2.19. The fourth-order valence-electron chi connectivity index (χ4n) is 2.86. The lowest BCUT2D eigenvalue weighted by molar-refractivity contribution is -0.127. The zero-order valence-corrected chi connectivity index (χ0v) is 14.6. The zero-order chi connectivity index (χ0) is 18.4. The molecule has 1 amide bonds. The summed E-state index contributed by atoms with van der Waals surface area (Å²) in [5, 5.41) is 9.36. The monoisotopic (exact) mass is 347 g/mol. The first-order valence-corrected chi connectivity index (χ1v) is 8.51. The molecule has 0 fully saturated rings. The largest absolute Gasteiger partial charge is 0.396 e. The highest BCUT2D eigenvalue weighted by Crippen LogP contribution is 2.23. The van der Waals surface area contributed by atoms with Crippen LogP contribution in [0.2, 0.25) is 0 Å². The Bertz CT molecular complexity index is 909. The summed E-state index contributed by atoms with van der Waals surface area (Å²) in [4.78, 5) is 23.0. The minimum atomic E-state index is -0.180.